The minimum atomic E-state index is -1.13. The summed E-state index contributed by atoms with van der Waals surface area (Å²) in [6, 6.07) is 0. The molecule has 0 aliphatic carbocycles. The van der Waals surface area contributed by atoms with Crippen LogP contribution in [-0.2, 0) is 14.3 Å². The second-order valence-electron chi connectivity index (χ2n) is 5.49. The molecule has 2 unspecified atom stereocenters. The molecule has 0 radical (unpaired) electrons. The van der Waals surface area contributed by atoms with Crippen LogP contribution in [0.3, 0.4) is 0 Å². The zero-order chi connectivity index (χ0) is 15.2. The van der Waals surface area contributed by atoms with Crippen molar-refractivity contribution in [2.24, 2.45) is 11.8 Å². The molecule has 0 heterocycles. The molecule has 0 fully saturated rings. The Kier molecular flexibility index (Phi) is 6.52. The van der Waals surface area contributed by atoms with E-state index < -0.39 is 29.5 Å². The summed E-state index contributed by atoms with van der Waals surface area (Å²) in [5.41, 5.74) is -0.607. The highest BCUT2D eigenvalue weighted by Gasteiger charge is 2.28. The van der Waals surface area contributed by atoms with Crippen molar-refractivity contribution in [3.05, 3.63) is 0 Å². The number of carbonyl (C=O) groups excluding carboxylic acids is 2. The third kappa shape index (κ3) is 6.79. The van der Waals surface area contributed by atoms with Gasteiger partial charge in [0.15, 0.2) is 5.78 Å². The van der Waals surface area contributed by atoms with Gasteiger partial charge in [-0.2, -0.15) is 0 Å². The number of ether oxygens (including phenoxy) is 1. The molecular weight excluding hydrogens is 250 g/mol. The maximum absolute atomic E-state index is 11.8. The van der Waals surface area contributed by atoms with E-state index in [1.165, 1.54) is 0 Å². The van der Waals surface area contributed by atoms with Crippen molar-refractivity contribution >= 4 is 17.8 Å². The Hall–Kier alpha value is -1.59. The smallest absolute Gasteiger partial charge is 0.407 e. The number of ketones is 1. The largest absolute Gasteiger partial charge is 0.481 e. The molecule has 0 bridgehead atoms. The Morgan fingerprint density at radius 2 is 1.79 bits per heavy atom. The molecule has 2 N–H and O–H groups in total. The quantitative estimate of drug-likeness (QED) is 0.720. The van der Waals surface area contributed by atoms with Crippen molar-refractivity contribution in [2.75, 3.05) is 6.54 Å². The number of aliphatic carboxylic acids is 1. The number of rotatable bonds is 6. The first kappa shape index (κ1) is 17.4. The van der Waals surface area contributed by atoms with E-state index in [0.717, 1.165) is 0 Å². The van der Waals surface area contributed by atoms with E-state index in [1.807, 2.05) is 0 Å². The Morgan fingerprint density at radius 1 is 1.26 bits per heavy atom. The van der Waals surface area contributed by atoms with Gasteiger partial charge in [-0.3, -0.25) is 9.59 Å². The number of alkyl carbamates (subject to hydrolysis) is 1. The molecule has 6 nitrogen and oxygen atoms in total. The van der Waals surface area contributed by atoms with Crippen LogP contribution in [0.15, 0.2) is 0 Å². The molecule has 0 aliphatic rings. The van der Waals surface area contributed by atoms with Gasteiger partial charge in [-0.25, -0.2) is 4.79 Å². The van der Waals surface area contributed by atoms with Crippen molar-refractivity contribution < 1.29 is 24.2 Å². The lowest BCUT2D eigenvalue weighted by Gasteiger charge is -2.21. The number of carboxylic acids is 1. The number of carbonyl (C=O) groups is 3. The van der Waals surface area contributed by atoms with E-state index in [0.29, 0.717) is 0 Å². The number of Topliss-reactive ketones (excluding diaryl/α,β-unsaturated/α-hetero) is 1. The molecule has 0 rings (SSSR count). The summed E-state index contributed by atoms with van der Waals surface area (Å²) < 4.78 is 5.02. The molecule has 19 heavy (non-hydrogen) atoms. The minimum absolute atomic E-state index is 0.0670. The van der Waals surface area contributed by atoms with Crippen LogP contribution < -0.4 is 5.32 Å². The van der Waals surface area contributed by atoms with E-state index in [-0.39, 0.29) is 18.7 Å². The van der Waals surface area contributed by atoms with Crippen LogP contribution in [-0.4, -0.2) is 35.1 Å². The zero-order valence-electron chi connectivity index (χ0n) is 12.1. The van der Waals surface area contributed by atoms with Crippen molar-refractivity contribution in [1.82, 2.24) is 5.32 Å². The lowest BCUT2D eigenvalue weighted by molar-refractivity contribution is -0.147. The molecule has 0 aromatic rings. The summed E-state index contributed by atoms with van der Waals surface area (Å²) in [7, 11) is 0. The van der Waals surface area contributed by atoms with Crippen LogP contribution in [0.2, 0.25) is 0 Å². The lowest BCUT2D eigenvalue weighted by atomic mass is 9.92. The number of hydrogen-bond acceptors (Lipinski definition) is 4. The van der Waals surface area contributed by atoms with Gasteiger partial charge in [-0.15, -0.1) is 0 Å². The average Bonchev–Trinajstić information content (AvgIpc) is 2.23. The highest BCUT2D eigenvalue weighted by Crippen LogP contribution is 2.12. The number of amides is 1. The third-order valence-corrected chi connectivity index (χ3v) is 2.49. The maximum Gasteiger partial charge on any atom is 0.407 e. The first-order chi connectivity index (χ1) is 8.58. The molecule has 0 aromatic carbocycles. The van der Waals surface area contributed by atoms with Crippen LogP contribution in [0.5, 0.6) is 0 Å². The van der Waals surface area contributed by atoms with E-state index in [4.69, 9.17) is 9.84 Å². The lowest BCUT2D eigenvalue weighted by Crippen LogP contribution is -2.38. The molecule has 0 saturated heterocycles. The first-order valence-corrected chi connectivity index (χ1v) is 6.31. The molecular formula is C13H23NO5. The topological polar surface area (TPSA) is 92.7 Å². The van der Waals surface area contributed by atoms with Gasteiger partial charge >= 0.3 is 12.1 Å². The monoisotopic (exact) mass is 273 g/mol. The van der Waals surface area contributed by atoms with Gasteiger partial charge in [-0.05, 0) is 27.2 Å². The molecule has 1 amide bonds. The summed E-state index contributed by atoms with van der Waals surface area (Å²) in [5, 5.41) is 11.4. The predicted octanol–water partition coefficient (Wildman–Crippen LogP) is 1.83. The first-order valence-electron chi connectivity index (χ1n) is 6.31. The van der Waals surface area contributed by atoms with Gasteiger partial charge < -0.3 is 15.2 Å². The second kappa shape index (κ2) is 7.11. The predicted molar refractivity (Wildman–Crippen MR) is 69.8 cm³/mol. The summed E-state index contributed by atoms with van der Waals surface area (Å²) in [5.74, 6) is -3.09. The summed E-state index contributed by atoms with van der Waals surface area (Å²) in [6.07, 6.45) is -0.374. The average molecular weight is 273 g/mol. The number of hydrogen-bond donors (Lipinski definition) is 2. The highest BCUT2D eigenvalue weighted by molar-refractivity contribution is 5.99. The van der Waals surface area contributed by atoms with Gasteiger partial charge in [0.25, 0.3) is 0 Å². The van der Waals surface area contributed by atoms with Crippen LogP contribution in [0.4, 0.5) is 4.79 Å². The summed E-state index contributed by atoms with van der Waals surface area (Å²) >= 11 is 0. The van der Waals surface area contributed by atoms with E-state index >= 15 is 0 Å². The fourth-order valence-electron chi connectivity index (χ4n) is 1.49. The van der Waals surface area contributed by atoms with Crippen molar-refractivity contribution in [3.8, 4) is 0 Å². The van der Waals surface area contributed by atoms with E-state index in [1.54, 1.807) is 34.6 Å². The van der Waals surface area contributed by atoms with Crippen molar-refractivity contribution in [3.63, 3.8) is 0 Å². The fraction of sp³-hybridized carbons (Fsp3) is 0.769. The molecule has 6 heteroatoms. The minimum Gasteiger partial charge on any atom is -0.481 e. The molecule has 2 atom stereocenters. The third-order valence-electron chi connectivity index (χ3n) is 2.49. The molecule has 0 aliphatic heterocycles. The summed E-state index contributed by atoms with van der Waals surface area (Å²) in [4.78, 5) is 34.1. The van der Waals surface area contributed by atoms with Crippen LogP contribution in [0.25, 0.3) is 0 Å². The highest BCUT2D eigenvalue weighted by atomic mass is 16.6. The van der Waals surface area contributed by atoms with Gasteiger partial charge in [0, 0.05) is 12.5 Å². The molecule has 0 spiro atoms. The van der Waals surface area contributed by atoms with Crippen LogP contribution >= 0.6 is 0 Å². The van der Waals surface area contributed by atoms with Crippen molar-refractivity contribution in [1.29, 1.82) is 0 Å². The normalized spacial score (nSPS) is 14.4. The van der Waals surface area contributed by atoms with Gasteiger partial charge in [-0.1, -0.05) is 13.8 Å². The van der Waals surface area contributed by atoms with Crippen LogP contribution in [0.1, 0.15) is 41.0 Å². The van der Waals surface area contributed by atoms with Crippen molar-refractivity contribution in [2.45, 2.75) is 46.6 Å². The number of nitrogens with one attached hydrogen (secondary N) is 1. The zero-order valence-corrected chi connectivity index (χ0v) is 12.1. The number of carboxylic acid groups (broad SMARTS) is 1. The Morgan fingerprint density at radius 3 is 2.16 bits per heavy atom. The standard InChI is InChI=1S/C13H23NO5/c1-6-9(11(16)17)10(15)8(2)7-14-12(18)19-13(3,4)5/h8-9H,6-7H2,1-5H3,(H,14,18)(H,16,17). The van der Waals surface area contributed by atoms with Crippen LogP contribution in [0, 0.1) is 11.8 Å². The Bertz CT molecular complexity index is 345. The molecule has 110 valence electrons. The Labute approximate surface area is 113 Å². The fourth-order valence-corrected chi connectivity index (χ4v) is 1.49. The summed E-state index contributed by atoms with van der Waals surface area (Å²) in [6.45, 7) is 8.50. The maximum atomic E-state index is 11.8. The molecule has 0 saturated carbocycles. The molecule has 0 aromatic heterocycles. The SMILES string of the molecule is CCC(C(=O)O)C(=O)C(C)CNC(=O)OC(C)(C)C. The van der Waals surface area contributed by atoms with Gasteiger partial charge in [0.05, 0.1) is 0 Å². The van der Waals surface area contributed by atoms with E-state index in [2.05, 4.69) is 5.32 Å². The second-order valence-corrected chi connectivity index (χ2v) is 5.49. The van der Waals surface area contributed by atoms with E-state index in [9.17, 15) is 14.4 Å². The Balaban J connectivity index is 4.31. The van der Waals surface area contributed by atoms with Gasteiger partial charge in [0.2, 0.25) is 0 Å². The van der Waals surface area contributed by atoms with Gasteiger partial charge in [0.1, 0.15) is 11.5 Å².